The van der Waals surface area contributed by atoms with E-state index in [2.05, 4.69) is 20.8 Å². The summed E-state index contributed by atoms with van der Waals surface area (Å²) in [7, 11) is -3.29. The molecule has 0 spiro atoms. The Bertz CT molecular complexity index is 568. The van der Waals surface area contributed by atoms with E-state index in [-0.39, 0.29) is 0 Å². The zero-order valence-electron chi connectivity index (χ0n) is 30.0. The van der Waals surface area contributed by atoms with Crippen molar-refractivity contribution in [2.75, 3.05) is 13.2 Å². The molecule has 1 unspecified atom stereocenters. The lowest BCUT2D eigenvalue weighted by Gasteiger charge is -2.32. The molecule has 0 bridgehead atoms. The van der Waals surface area contributed by atoms with Crippen LogP contribution in [0.4, 0.5) is 0 Å². The summed E-state index contributed by atoms with van der Waals surface area (Å²) in [4.78, 5) is 0. The van der Waals surface area contributed by atoms with Gasteiger partial charge in [0.25, 0.3) is 0 Å². The topological polar surface area (TPSA) is 35.5 Å². The average Bonchev–Trinajstić information content (AvgIpc) is 2.99. The van der Waals surface area contributed by atoms with E-state index in [1.54, 1.807) is 0 Å². The van der Waals surface area contributed by atoms with Gasteiger partial charge in [0.2, 0.25) is 0 Å². The molecule has 0 heterocycles. The van der Waals surface area contributed by atoms with Crippen LogP contribution in [0.5, 0.6) is 0 Å². The number of hydrogen-bond acceptors (Lipinski definition) is 4. The number of thiol groups is 1. The first-order valence-electron chi connectivity index (χ1n) is 19.5. The smallest absolute Gasteiger partial charge is 0.308 e. The second-order valence-electron chi connectivity index (χ2n) is 13.7. The van der Waals surface area contributed by atoms with E-state index in [0.29, 0.717) is 13.2 Å². The van der Waals surface area contributed by atoms with E-state index in [9.17, 15) is 4.57 Å². The number of hydrogen-bond donors (Lipinski definition) is 1. The van der Waals surface area contributed by atoms with Crippen LogP contribution in [0.3, 0.4) is 0 Å². The van der Waals surface area contributed by atoms with Gasteiger partial charge in [0.1, 0.15) is 4.49 Å². The van der Waals surface area contributed by atoms with E-state index in [4.69, 9.17) is 21.7 Å². The van der Waals surface area contributed by atoms with Gasteiger partial charge < -0.3 is 9.05 Å². The molecule has 0 aliphatic carbocycles. The van der Waals surface area contributed by atoms with Crippen LogP contribution in [0.15, 0.2) is 0 Å². The molecule has 0 aromatic rings. The lowest BCUT2D eigenvalue weighted by atomic mass is 10.1. The highest BCUT2D eigenvalue weighted by Crippen LogP contribution is 2.64. The quantitative estimate of drug-likeness (QED) is 0.0418. The molecule has 0 aromatic heterocycles. The van der Waals surface area contributed by atoms with Crippen molar-refractivity contribution in [1.82, 2.24) is 0 Å². The largest absolute Gasteiger partial charge is 0.346 e. The van der Waals surface area contributed by atoms with Crippen molar-refractivity contribution in [2.24, 2.45) is 0 Å². The van der Waals surface area contributed by atoms with Crippen molar-refractivity contribution in [3.8, 4) is 0 Å². The first-order valence-corrected chi connectivity index (χ1v) is 21.5. The van der Waals surface area contributed by atoms with E-state index in [0.717, 1.165) is 38.5 Å². The van der Waals surface area contributed by atoms with Crippen LogP contribution in [0.1, 0.15) is 227 Å². The van der Waals surface area contributed by atoms with Gasteiger partial charge in [0, 0.05) is 0 Å². The maximum Gasteiger partial charge on any atom is 0.346 e. The van der Waals surface area contributed by atoms with Crippen molar-refractivity contribution < 1.29 is 13.6 Å². The van der Waals surface area contributed by atoms with Crippen LogP contribution in [0.2, 0.25) is 0 Å². The predicted octanol–water partition coefficient (Wildman–Crippen LogP) is 15.0. The molecule has 0 rings (SSSR count). The van der Waals surface area contributed by atoms with Crippen molar-refractivity contribution in [3.63, 3.8) is 0 Å². The van der Waals surface area contributed by atoms with Gasteiger partial charge in [0.15, 0.2) is 0 Å². The van der Waals surface area contributed by atoms with Crippen molar-refractivity contribution in [3.05, 3.63) is 0 Å². The molecule has 0 radical (unpaired) electrons. The summed E-state index contributed by atoms with van der Waals surface area (Å²) in [5.41, 5.74) is 0. The molecule has 0 aliphatic rings. The maximum atomic E-state index is 14.1. The summed E-state index contributed by atoms with van der Waals surface area (Å²) in [5, 5.41) is 0. The SMILES string of the molecule is CCCCCCCCCCCCOP(=O)(OCCCCCCCCCCCC)C(C)(S)CCCCCCCCCCCC. The van der Waals surface area contributed by atoms with Crippen molar-refractivity contribution >= 4 is 20.2 Å². The molecule has 0 aromatic carbocycles. The predicted molar refractivity (Wildman–Crippen MR) is 197 cm³/mol. The van der Waals surface area contributed by atoms with Crippen LogP contribution in [-0.2, 0) is 13.6 Å². The third-order valence-electron chi connectivity index (χ3n) is 9.11. The molecular weight excluding hydrogens is 567 g/mol. The van der Waals surface area contributed by atoms with Gasteiger partial charge in [-0.1, -0.05) is 201 Å². The highest BCUT2D eigenvalue weighted by molar-refractivity contribution is 7.91. The van der Waals surface area contributed by atoms with E-state index >= 15 is 0 Å². The molecule has 0 fully saturated rings. The molecule has 5 heteroatoms. The number of unbranched alkanes of at least 4 members (excludes halogenated alkanes) is 27. The molecule has 260 valence electrons. The van der Waals surface area contributed by atoms with Gasteiger partial charge in [-0.3, -0.25) is 4.57 Å². The van der Waals surface area contributed by atoms with Gasteiger partial charge in [-0.2, -0.15) is 12.6 Å². The Kier molecular flexibility index (Phi) is 32.8. The average molecular weight is 647 g/mol. The summed E-state index contributed by atoms with van der Waals surface area (Å²) in [5.74, 6) is 0. The minimum Gasteiger partial charge on any atom is -0.308 e. The molecule has 3 nitrogen and oxygen atoms in total. The summed E-state index contributed by atoms with van der Waals surface area (Å²) in [6.07, 6.45) is 39.5. The third-order valence-corrected chi connectivity index (χ3v) is 12.5. The van der Waals surface area contributed by atoms with E-state index in [1.165, 1.54) is 161 Å². The van der Waals surface area contributed by atoms with Crippen molar-refractivity contribution in [1.29, 1.82) is 0 Å². The van der Waals surface area contributed by atoms with E-state index < -0.39 is 12.1 Å². The van der Waals surface area contributed by atoms with Crippen LogP contribution >= 0.6 is 20.2 Å². The fourth-order valence-electron chi connectivity index (χ4n) is 5.95. The lowest BCUT2D eigenvalue weighted by Crippen LogP contribution is -2.21. The Morgan fingerprint density at radius 3 is 0.930 bits per heavy atom. The van der Waals surface area contributed by atoms with Gasteiger partial charge in [-0.05, 0) is 26.2 Å². The second-order valence-corrected chi connectivity index (χ2v) is 17.5. The van der Waals surface area contributed by atoms with Crippen LogP contribution in [0, 0.1) is 0 Å². The molecule has 43 heavy (non-hydrogen) atoms. The van der Waals surface area contributed by atoms with Gasteiger partial charge in [0.05, 0.1) is 13.2 Å². The standard InChI is InChI=1S/C38H79O3PS/c1-5-8-11-14-17-20-23-26-29-32-35-38(4,43)42(39,40-36-33-30-27-24-21-18-15-12-9-6-2)41-37-34-31-28-25-22-19-16-13-10-7-3/h43H,5-37H2,1-4H3. The summed E-state index contributed by atoms with van der Waals surface area (Å²) < 4.78 is 25.7. The third kappa shape index (κ3) is 27.3. The molecule has 0 aliphatic heterocycles. The monoisotopic (exact) mass is 647 g/mol. The van der Waals surface area contributed by atoms with Crippen LogP contribution < -0.4 is 0 Å². The summed E-state index contributed by atoms with van der Waals surface area (Å²) in [6.45, 7) is 9.89. The molecule has 1 atom stereocenters. The summed E-state index contributed by atoms with van der Waals surface area (Å²) >= 11 is 4.96. The van der Waals surface area contributed by atoms with Crippen LogP contribution in [-0.4, -0.2) is 17.7 Å². The normalized spacial score (nSPS) is 13.5. The summed E-state index contributed by atoms with van der Waals surface area (Å²) in [6, 6.07) is 0. The van der Waals surface area contributed by atoms with Crippen molar-refractivity contribution in [2.45, 2.75) is 231 Å². The molecule has 0 N–H and O–H groups in total. The Morgan fingerprint density at radius 2 is 0.651 bits per heavy atom. The Hall–Kier alpha value is 0.500. The Labute approximate surface area is 277 Å². The van der Waals surface area contributed by atoms with Crippen LogP contribution in [0.25, 0.3) is 0 Å². The zero-order chi connectivity index (χ0) is 31.7. The van der Waals surface area contributed by atoms with Gasteiger partial charge in [-0.15, -0.1) is 0 Å². The molecule has 0 saturated carbocycles. The minimum absolute atomic E-state index is 0.528. The first kappa shape index (κ1) is 43.5. The molecule has 0 amide bonds. The number of rotatable bonds is 36. The highest BCUT2D eigenvalue weighted by atomic mass is 32.1. The highest BCUT2D eigenvalue weighted by Gasteiger charge is 2.44. The van der Waals surface area contributed by atoms with Gasteiger partial charge >= 0.3 is 7.60 Å². The minimum atomic E-state index is -3.29. The van der Waals surface area contributed by atoms with Gasteiger partial charge in [-0.25, -0.2) is 0 Å². The zero-order valence-corrected chi connectivity index (χ0v) is 31.7. The molecule has 0 saturated heterocycles. The van der Waals surface area contributed by atoms with E-state index in [1.807, 2.05) is 6.92 Å². The Balaban J connectivity index is 4.41. The first-order chi connectivity index (χ1) is 20.9. The Morgan fingerprint density at radius 1 is 0.419 bits per heavy atom. The molecular formula is C38H79O3PS. The lowest BCUT2D eigenvalue weighted by molar-refractivity contribution is 0.187. The fourth-order valence-corrected chi connectivity index (χ4v) is 8.25. The maximum absolute atomic E-state index is 14.1. The second kappa shape index (κ2) is 32.4. The fraction of sp³-hybridized carbons (Fsp3) is 1.00.